The smallest absolute Gasteiger partial charge is 0.0631 e. The van der Waals surface area contributed by atoms with Gasteiger partial charge in [0, 0.05) is 12.5 Å². The Hall–Kier alpha value is -0.860. The second-order valence-electron chi connectivity index (χ2n) is 4.57. The largest absolute Gasteiger partial charge is 0.392 e. The molecule has 1 N–H and O–H groups in total. The molecule has 1 saturated heterocycles. The molecular formula is C14H20O2. The molecule has 0 spiro atoms. The van der Waals surface area contributed by atoms with Gasteiger partial charge in [-0.25, -0.2) is 0 Å². The van der Waals surface area contributed by atoms with Crippen LogP contribution >= 0.6 is 0 Å². The highest BCUT2D eigenvalue weighted by atomic mass is 16.5. The quantitative estimate of drug-likeness (QED) is 0.843. The van der Waals surface area contributed by atoms with Crippen molar-refractivity contribution in [3.8, 4) is 0 Å². The fraction of sp³-hybridized carbons (Fsp3) is 0.571. The average molecular weight is 220 g/mol. The molecule has 0 amide bonds. The van der Waals surface area contributed by atoms with Gasteiger partial charge in [0.1, 0.15) is 0 Å². The third-order valence-corrected chi connectivity index (χ3v) is 3.39. The Labute approximate surface area is 97.3 Å². The lowest BCUT2D eigenvalue weighted by atomic mass is 9.95. The van der Waals surface area contributed by atoms with E-state index in [1.54, 1.807) is 0 Å². The number of rotatable bonds is 4. The lowest BCUT2D eigenvalue weighted by molar-refractivity contribution is 0.0919. The van der Waals surface area contributed by atoms with Crippen LogP contribution in [0.5, 0.6) is 0 Å². The summed E-state index contributed by atoms with van der Waals surface area (Å²) in [4.78, 5) is 0. The Morgan fingerprint density at radius 2 is 2.00 bits per heavy atom. The van der Waals surface area contributed by atoms with Crippen molar-refractivity contribution >= 4 is 0 Å². The first kappa shape index (κ1) is 11.6. The van der Waals surface area contributed by atoms with E-state index in [0.717, 1.165) is 25.9 Å². The summed E-state index contributed by atoms with van der Waals surface area (Å²) in [6.45, 7) is 3.67. The summed E-state index contributed by atoms with van der Waals surface area (Å²) in [5.74, 6) is 0.325. The standard InChI is InChI=1S/C14H20O2/c1-2-11-3-5-12(6-4-11)9-14(15)13-7-8-16-10-13/h3-6,13-15H,2,7-10H2,1H3. The number of aryl methyl sites for hydroxylation is 1. The number of ether oxygens (including phenoxy) is 1. The van der Waals surface area contributed by atoms with Gasteiger partial charge in [0.05, 0.1) is 12.7 Å². The summed E-state index contributed by atoms with van der Waals surface area (Å²) in [5, 5.41) is 10.0. The highest BCUT2D eigenvalue weighted by molar-refractivity contribution is 5.23. The van der Waals surface area contributed by atoms with Gasteiger partial charge in [-0.2, -0.15) is 0 Å². The van der Waals surface area contributed by atoms with E-state index < -0.39 is 0 Å². The van der Waals surface area contributed by atoms with Crippen LogP contribution in [0.2, 0.25) is 0 Å². The van der Waals surface area contributed by atoms with Gasteiger partial charge >= 0.3 is 0 Å². The molecule has 1 aliphatic rings. The minimum Gasteiger partial charge on any atom is -0.392 e. The lowest BCUT2D eigenvalue weighted by Gasteiger charge is -2.16. The molecule has 0 aromatic heterocycles. The number of aliphatic hydroxyl groups is 1. The Kier molecular flexibility index (Phi) is 3.97. The van der Waals surface area contributed by atoms with E-state index in [0.29, 0.717) is 12.5 Å². The van der Waals surface area contributed by atoms with Crippen molar-refractivity contribution in [1.29, 1.82) is 0 Å². The molecule has 1 fully saturated rings. The van der Waals surface area contributed by atoms with E-state index in [1.165, 1.54) is 11.1 Å². The first-order valence-electron chi connectivity index (χ1n) is 6.13. The molecule has 0 aliphatic carbocycles. The highest BCUT2D eigenvalue weighted by Crippen LogP contribution is 2.20. The molecule has 1 heterocycles. The molecule has 0 radical (unpaired) electrons. The Bertz CT molecular complexity index is 312. The van der Waals surface area contributed by atoms with Crippen LogP contribution in [0.4, 0.5) is 0 Å². The van der Waals surface area contributed by atoms with Crippen LogP contribution in [0.15, 0.2) is 24.3 Å². The van der Waals surface area contributed by atoms with Gasteiger partial charge in [0.15, 0.2) is 0 Å². The van der Waals surface area contributed by atoms with Gasteiger partial charge < -0.3 is 9.84 Å². The second-order valence-corrected chi connectivity index (χ2v) is 4.57. The summed E-state index contributed by atoms with van der Waals surface area (Å²) in [5.41, 5.74) is 2.57. The third kappa shape index (κ3) is 2.83. The summed E-state index contributed by atoms with van der Waals surface area (Å²) in [6.07, 6.45) is 2.56. The predicted molar refractivity (Wildman–Crippen MR) is 64.5 cm³/mol. The minimum absolute atomic E-state index is 0.255. The molecule has 1 aromatic rings. The maximum absolute atomic E-state index is 10.0. The second kappa shape index (κ2) is 5.46. The van der Waals surface area contributed by atoms with Gasteiger partial charge in [0.25, 0.3) is 0 Å². The SMILES string of the molecule is CCc1ccc(CC(O)C2CCOC2)cc1. The van der Waals surface area contributed by atoms with Crippen molar-refractivity contribution in [1.82, 2.24) is 0 Å². The molecule has 0 saturated carbocycles. The van der Waals surface area contributed by atoms with Crippen LogP contribution in [0, 0.1) is 5.92 Å². The van der Waals surface area contributed by atoms with Crippen molar-refractivity contribution in [3.63, 3.8) is 0 Å². The van der Waals surface area contributed by atoms with E-state index in [-0.39, 0.29) is 6.10 Å². The Balaban J connectivity index is 1.92. The zero-order valence-electron chi connectivity index (χ0n) is 9.86. The Morgan fingerprint density at radius 3 is 2.56 bits per heavy atom. The van der Waals surface area contributed by atoms with Crippen LogP contribution in [0.1, 0.15) is 24.5 Å². The van der Waals surface area contributed by atoms with Crippen LogP contribution < -0.4 is 0 Å². The zero-order valence-corrected chi connectivity index (χ0v) is 9.86. The maximum Gasteiger partial charge on any atom is 0.0631 e. The first-order valence-corrected chi connectivity index (χ1v) is 6.13. The number of aliphatic hydroxyl groups excluding tert-OH is 1. The normalized spacial score (nSPS) is 22.2. The molecular weight excluding hydrogens is 200 g/mol. The van der Waals surface area contributed by atoms with Crippen LogP contribution in [0.25, 0.3) is 0 Å². The van der Waals surface area contributed by atoms with Gasteiger partial charge in [0.2, 0.25) is 0 Å². The monoisotopic (exact) mass is 220 g/mol. The maximum atomic E-state index is 10.0. The molecule has 2 atom stereocenters. The van der Waals surface area contributed by atoms with Gasteiger partial charge in [-0.15, -0.1) is 0 Å². The van der Waals surface area contributed by atoms with Gasteiger partial charge in [-0.1, -0.05) is 31.2 Å². The summed E-state index contributed by atoms with van der Waals surface area (Å²) < 4.78 is 5.29. The number of hydrogen-bond donors (Lipinski definition) is 1. The van der Waals surface area contributed by atoms with E-state index in [9.17, 15) is 5.11 Å². The zero-order chi connectivity index (χ0) is 11.4. The van der Waals surface area contributed by atoms with Crippen LogP contribution in [0.3, 0.4) is 0 Å². The summed E-state index contributed by atoms with van der Waals surface area (Å²) >= 11 is 0. The van der Waals surface area contributed by atoms with Crippen LogP contribution in [-0.2, 0) is 17.6 Å². The van der Waals surface area contributed by atoms with Crippen molar-refractivity contribution in [2.45, 2.75) is 32.3 Å². The minimum atomic E-state index is -0.255. The molecule has 2 rings (SSSR count). The molecule has 1 aliphatic heterocycles. The molecule has 1 aromatic carbocycles. The van der Waals surface area contributed by atoms with Crippen LogP contribution in [-0.4, -0.2) is 24.4 Å². The number of benzene rings is 1. The summed E-state index contributed by atoms with van der Waals surface area (Å²) in [7, 11) is 0. The first-order chi connectivity index (χ1) is 7.79. The number of hydrogen-bond acceptors (Lipinski definition) is 2. The fourth-order valence-electron chi connectivity index (χ4n) is 2.18. The highest BCUT2D eigenvalue weighted by Gasteiger charge is 2.23. The summed E-state index contributed by atoms with van der Waals surface area (Å²) in [6, 6.07) is 8.54. The van der Waals surface area contributed by atoms with Gasteiger partial charge in [-0.3, -0.25) is 0 Å². The third-order valence-electron chi connectivity index (χ3n) is 3.39. The molecule has 16 heavy (non-hydrogen) atoms. The molecule has 2 unspecified atom stereocenters. The van der Waals surface area contributed by atoms with E-state index in [4.69, 9.17) is 4.74 Å². The molecule has 0 bridgehead atoms. The lowest BCUT2D eigenvalue weighted by Crippen LogP contribution is -2.22. The van der Waals surface area contributed by atoms with E-state index in [1.807, 2.05) is 0 Å². The Morgan fingerprint density at radius 1 is 1.31 bits per heavy atom. The van der Waals surface area contributed by atoms with Crippen molar-refractivity contribution in [2.75, 3.05) is 13.2 Å². The predicted octanol–water partition coefficient (Wildman–Crippen LogP) is 2.19. The fourth-order valence-corrected chi connectivity index (χ4v) is 2.18. The van der Waals surface area contributed by atoms with E-state index in [2.05, 4.69) is 31.2 Å². The topological polar surface area (TPSA) is 29.5 Å². The van der Waals surface area contributed by atoms with Crippen molar-refractivity contribution in [2.24, 2.45) is 5.92 Å². The van der Waals surface area contributed by atoms with Crippen molar-refractivity contribution in [3.05, 3.63) is 35.4 Å². The molecule has 2 heteroatoms. The van der Waals surface area contributed by atoms with E-state index >= 15 is 0 Å². The van der Waals surface area contributed by atoms with Crippen molar-refractivity contribution < 1.29 is 9.84 Å². The molecule has 88 valence electrons. The average Bonchev–Trinajstić information content (AvgIpc) is 2.83. The van der Waals surface area contributed by atoms with Gasteiger partial charge in [-0.05, 0) is 30.4 Å². The molecule has 2 nitrogen and oxygen atoms in total.